The summed E-state index contributed by atoms with van der Waals surface area (Å²) in [4.78, 5) is 16.4. The molecule has 1 amide bonds. The maximum absolute atomic E-state index is 11.9. The number of pyridine rings is 1. The van der Waals surface area contributed by atoms with Crippen LogP contribution < -0.4 is 5.32 Å². The third-order valence-corrected chi connectivity index (χ3v) is 4.09. The Labute approximate surface area is 123 Å². The lowest BCUT2D eigenvalue weighted by molar-refractivity contribution is -0.124. The number of halogens is 1. The van der Waals surface area contributed by atoms with Crippen molar-refractivity contribution >= 4 is 23.2 Å². The van der Waals surface area contributed by atoms with Gasteiger partial charge < -0.3 is 9.72 Å². The molecule has 2 aromatic heterocycles. The van der Waals surface area contributed by atoms with Gasteiger partial charge in [-0.15, -0.1) is 0 Å². The standard InChI is InChI=1S/C15H18ClN3O/c16-12-5-6-14-18-13(10-19(14)9-12)7-8-17-15(20)11-3-1-2-4-11/h5-6,9-11H,1-4,7-8H2,(H,17,20). The predicted molar refractivity (Wildman–Crippen MR) is 78.9 cm³/mol. The second kappa shape index (κ2) is 5.83. The Bertz CT molecular complexity index is 617. The van der Waals surface area contributed by atoms with Gasteiger partial charge in [-0.05, 0) is 25.0 Å². The van der Waals surface area contributed by atoms with Crippen molar-refractivity contribution in [2.45, 2.75) is 32.1 Å². The Hall–Kier alpha value is -1.55. The van der Waals surface area contributed by atoms with E-state index in [4.69, 9.17) is 11.6 Å². The molecule has 106 valence electrons. The molecule has 0 atom stereocenters. The van der Waals surface area contributed by atoms with Crippen LogP contribution in [0.15, 0.2) is 24.5 Å². The summed E-state index contributed by atoms with van der Waals surface area (Å²) in [6.07, 6.45) is 9.00. The molecule has 0 aromatic carbocycles. The van der Waals surface area contributed by atoms with Crippen LogP contribution in [0.5, 0.6) is 0 Å². The Morgan fingerprint density at radius 3 is 2.95 bits per heavy atom. The molecular formula is C15H18ClN3O. The molecule has 0 spiro atoms. The monoisotopic (exact) mass is 291 g/mol. The average molecular weight is 292 g/mol. The van der Waals surface area contributed by atoms with Crippen LogP contribution in [0.2, 0.25) is 5.02 Å². The number of nitrogens with zero attached hydrogens (tertiary/aromatic N) is 2. The number of hydrogen-bond donors (Lipinski definition) is 1. The van der Waals surface area contributed by atoms with E-state index >= 15 is 0 Å². The molecule has 3 rings (SSSR count). The van der Waals surface area contributed by atoms with Gasteiger partial charge in [-0.1, -0.05) is 24.4 Å². The SMILES string of the molecule is O=C(NCCc1cn2cc(Cl)ccc2n1)C1CCCC1. The fourth-order valence-electron chi connectivity index (χ4n) is 2.78. The molecule has 5 heteroatoms. The third kappa shape index (κ3) is 2.96. The van der Waals surface area contributed by atoms with Gasteiger partial charge in [0.15, 0.2) is 0 Å². The largest absolute Gasteiger partial charge is 0.355 e. The van der Waals surface area contributed by atoms with Crippen molar-refractivity contribution in [1.82, 2.24) is 14.7 Å². The van der Waals surface area contributed by atoms with Crippen LogP contribution in [-0.4, -0.2) is 21.8 Å². The van der Waals surface area contributed by atoms with Gasteiger partial charge in [0.05, 0.1) is 10.7 Å². The zero-order valence-corrected chi connectivity index (χ0v) is 12.1. The molecule has 0 aliphatic heterocycles. The number of fused-ring (bicyclic) bond motifs is 1. The number of aromatic nitrogens is 2. The van der Waals surface area contributed by atoms with E-state index in [1.54, 1.807) is 0 Å². The molecule has 4 nitrogen and oxygen atoms in total. The summed E-state index contributed by atoms with van der Waals surface area (Å²) >= 11 is 5.94. The van der Waals surface area contributed by atoms with Crippen molar-refractivity contribution in [2.75, 3.05) is 6.54 Å². The normalized spacial score (nSPS) is 15.8. The number of carbonyl (C=O) groups excluding carboxylic acids is 1. The Kier molecular flexibility index (Phi) is 3.92. The van der Waals surface area contributed by atoms with Gasteiger partial charge in [0, 0.05) is 31.3 Å². The summed E-state index contributed by atoms with van der Waals surface area (Å²) < 4.78 is 1.91. The molecule has 1 N–H and O–H groups in total. The van der Waals surface area contributed by atoms with Crippen molar-refractivity contribution < 1.29 is 4.79 Å². The number of nitrogens with one attached hydrogen (secondary N) is 1. The van der Waals surface area contributed by atoms with Gasteiger partial charge in [0.2, 0.25) is 5.91 Å². The van der Waals surface area contributed by atoms with E-state index < -0.39 is 0 Å². The zero-order chi connectivity index (χ0) is 13.9. The summed E-state index contributed by atoms with van der Waals surface area (Å²) in [5, 5.41) is 3.71. The third-order valence-electron chi connectivity index (χ3n) is 3.87. The molecule has 1 aliphatic rings. The van der Waals surface area contributed by atoms with Gasteiger partial charge in [-0.25, -0.2) is 4.98 Å². The van der Waals surface area contributed by atoms with Crippen molar-refractivity contribution in [3.8, 4) is 0 Å². The van der Waals surface area contributed by atoms with Gasteiger partial charge in [0.1, 0.15) is 5.65 Å². The van der Waals surface area contributed by atoms with E-state index in [0.717, 1.165) is 30.6 Å². The molecule has 20 heavy (non-hydrogen) atoms. The molecule has 2 aromatic rings. The summed E-state index contributed by atoms with van der Waals surface area (Å²) in [7, 11) is 0. The maximum atomic E-state index is 11.9. The number of rotatable bonds is 4. The van der Waals surface area contributed by atoms with Gasteiger partial charge in [-0.2, -0.15) is 0 Å². The lowest BCUT2D eigenvalue weighted by Gasteiger charge is -2.09. The minimum absolute atomic E-state index is 0.203. The minimum atomic E-state index is 0.203. The molecule has 0 radical (unpaired) electrons. The van der Waals surface area contributed by atoms with Crippen LogP contribution >= 0.6 is 11.6 Å². The second-order valence-electron chi connectivity index (χ2n) is 5.37. The summed E-state index contributed by atoms with van der Waals surface area (Å²) in [6, 6.07) is 3.72. The molecule has 0 saturated heterocycles. The van der Waals surface area contributed by atoms with Crippen LogP contribution in [0.1, 0.15) is 31.4 Å². The number of imidazole rings is 1. The Morgan fingerprint density at radius 2 is 2.15 bits per heavy atom. The Balaban J connectivity index is 1.55. The van der Waals surface area contributed by atoms with Gasteiger partial charge in [0.25, 0.3) is 0 Å². The zero-order valence-electron chi connectivity index (χ0n) is 11.3. The first-order valence-corrected chi connectivity index (χ1v) is 7.51. The lowest BCUT2D eigenvalue weighted by Crippen LogP contribution is -2.30. The lowest BCUT2D eigenvalue weighted by atomic mass is 10.1. The highest BCUT2D eigenvalue weighted by Gasteiger charge is 2.21. The van der Waals surface area contributed by atoms with Crippen molar-refractivity contribution in [2.24, 2.45) is 5.92 Å². The van der Waals surface area contributed by atoms with E-state index in [-0.39, 0.29) is 11.8 Å². The van der Waals surface area contributed by atoms with E-state index in [0.29, 0.717) is 11.6 Å². The quantitative estimate of drug-likeness (QED) is 0.941. The Morgan fingerprint density at radius 1 is 1.35 bits per heavy atom. The molecule has 1 saturated carbocycles. The minimum Gasteiger partial charge on any atom is -0.355 e. The number of carbonyl (C=O) groups is 1. The van der Waals surface area contributed by atoms with Crippen molar-refractivity contribution in [3.63, 3.8) is 0 Å². The highest BCUT2D eigenvalue weighted by Crippen LogP contribution is 2.24. The van der Waals surface area contributed by atoms with Crippen LogP contribution in [0.4, 0.5) is 0 Å². The van der Waals surface area contributed by atoms with Crippen LogP contribution in [0.25, 0.3) is 5.65 Å². The molecule has 0 unspecified atom stereocenters. The van der Waals surface area contributed by atoms with E-state index in [1.807, 2.05) is 28.9 Å². The highest BCUT2D eigenvalue weighted by molar-refractivity contribution is 6.30. The molecular weight excluding hydrogens is 274 g/mol. The van der Waals surface area contributed by atoms with Crippen LogP contribution in [0.3, 0.4) is 0 Å². The fraction of sp³-hybridized carbons (Fsp3) is 0.467. The van der Waals surface area contributed by atoms with E-state index in [9.17, 15) is 4.79 Å². The summed E-state index contributed by atoms with van der Waals surface area (Å²) in [6.45, 7) is 0.646. The number of amides is 1. The maximum Gasteiger partial charge on any atom is 0.223 e. The molecule has 1 fully saturated rings. The first-order valence-electron chi connectivity index (χ1n) is 7.13. The van der Waals surface area contributed by atoms with E-state index in [2.05, 4.69) is 10.3 Å². The number of hydrogen-bond acceptors (Lipinski definition) is 2. The smallest absolute Gasteiger partial charge is 0.223 e. The van der Waals surface area contributed by atoms with Crippen molar-refractivity contribution in [1.29, 1.82) is 0 Å². The first-order chi connectivity index (χ1) is 9.72. The molecule has 2 heterocycles. The predicted octanol–water partition coefficient (Wildman–Crippen LogP) is 2.84. The summed E-state index contributed by atoms with van der Waals surface area (Å²) in [5.41, 5.74) is 1.85. The van der Waals surface area contributed by atoms with Gasteiger partial charge >= 0.3 is 0 Å². The highest BCUT2D eigenvalue weighted by atomic mass is 35.5. The fourth-order valence-corrected chi connectivity index (χ4v) is 2.95. The average Bonchev–Trinajstić information content (AvgIpc) is 3.06. The molecule has 1 aliphatic carbocycles. The molecule has 0 bridgehead atoms. The first kappa shape index (κ1) is 13.4. The van der Waals surface area contributed by atoms with Crippen molar-refractivity contribution in [3.05, 3.63) is 35.2 Å². The second-order valence-corrected chi connectivity index (χ2v) is 5.80. The van der Waals surface area contributed by atoms with Crippen LogP contribution in [0, 0.1) is 5.92 Å². The van der Waals surface area contributed by atoms with E-state index in [1.165, 1.54) is 12.8 Å². The van der Waals surface area contributed by atoms with Crippen LogP contribution in [-0.2, 0) is 11.2 Å². The topological polar surface area (TPSA) is 46.4 Å². The van der Waals surface area contributed by atoms with Gasteiger partial charge in [-0.3, -0.25) is 4.79 Å². The summed E-state index contributed by atoms with van der Waals surface area (Å²) in [5.74, 6) is 0.434.